The van der Waals surface area contributed by atoms with Crippen molar-refractivity contribution < 1.29 is 23.9 Å². The summed E-state index contributed by atoms with van der Waals surface area (Å²) < 4.78 is 9.64. The number of amides is 1. The minimum Gasteiger partial charge on any atom is -0.467 e. The van der Waals surface area contributed by atoms with Gasteiger partial charge < -0.3 is 14.8 Å². The molecule has 0 saturated heterocycles. The number of rotatable bonds is 6. The van der Waals surface area contributed by atoms with Crippen LogP contribution in [0.5, 0.6) is 0 Å². The third-order valence-corrected chi connectivity index (χ3v) is 2.17. The largest absolute Gasteiger partial charge is 0.467 e. The minimum absolute atomic E-state index is 0.351. The van der Waals surface area contributed by atoms with Crippen LogP contribution in [0.4, 0.5) is 0 Å². The van der Waals surface area contributed by atoms with Crippen molar-refractivity contribution in [2.24, 2.45) is 0 Å². The highest BCUT2D eigenvalue weighted by atomic mass is 16.5. The van der Waals surface area contributed by atoms with Gasteiger partial charge in [0.15, 0.2) is 11.8 Å². The number of hydrogen-bond acceptors (Lipinski definition) is 5. The Balaban J connectivity index is 4.73. The maximum absolute atomic E-state index is 11.8. The lowest BCUT2D eigenvalue weighted by Gasteiger charge is -2.25. The zero-order valence-corrected chi connectivity index (χ0v) is 10.8. The summed E-state index contributed by atoms with van der Waals surface area (Å²) in [5.41, 5.74) is -1.10. The lowest BCUT2D eigenvalue weighted by molar-refractivity contribution is -0.153. The van der Waals surface area contributed by atoms with E-state index in [1.807, 2.05) is 0 Å². The molecule has 0 rings (SSSR count). The number of methoxy groups -OCH3 is 1. The van der Waals surface area contributed by atoms with Crippen LogP contribution in [0.2, 0.25) is 0 Å². The van der Waals surface area contributed by atoms with E-state index in [2.05, 4.69) is 10.1 Å². The summed E-state index contributed by atoms with van der Waals surface area (Å²) in [6, 6.07) is -1.28. The first kappa shape index (κ1) is 15.6. The Kier molecular flexibility index (Phi) is 5.81. The van der Waals surface area contributed by atoms with E-state index in [0.717, 1.165) is 7.11 Å². The van der Waals surface area contributed by atoms with E-state index in [9.17, 15) is 14.4 Å². The van der Waals surface area contributed by atoms with Crippen molar-refractivity contribution in [2.75, 3.05) is 13.7 Å². The van der Waals surface area contributed by atoms with Crippen molar-refractivity contribution in [3.8, 4) is 0 Å². The summed E-state index contributed by atoms with van der Waals surface area (Å²) in [4.78, 5) is 34.3. The summed E-state index contributed by atoms with van der Waals surface area (Å²) in [5, 5.41) is 2.30. The molecule has 0 unspecified atom stereocenters. The molecule has 0 heterocycles. The molecule has 0 aromatic heterocycles. The summed E-state index contributed by atoms with van der Waals surface area (Å²) >= 11 is 0. The van der Waals surface area contributed by atoms with Crippen LogP contribution in [0.15, 0.2) is 0 Å². The monoisotopic (exact) mass is 245 g/mol. The molecule has 1 N–H and O–H groups in total. The fourth-order valence-electron chi connectivity index (χ4n) is 1.18. The smallest absolute Gasteiger partial charge is 0.336 e. The predicted molar refractivity (Wildman–Crippen MR) is 60.3 cm³/mol. The molecule has 0 fully saturated rings. The first-order valence-electron chi connectivity index (χ1n) is 5.29. The number of nitrogens with one attached hydrogen (secondary N) is 1. The van der Waals surface area contributed by atoms with Gasteiger partial charge in [-0.3, -0.25) is 9.59 Å². The Morgan fingerprint density at radius 2 is 1.82 bits per heavy atom. The molecule has 6 heteroatoms. The van der Waals surface area contributed by atoms with Crippen LogP contribution >= 0.6 is 0 Å². The number of Topliss-reactive ketones (excluding diaryl/α,β-unsaturated/α-hetero) is 1. The molecule has 98 valence electrons. The Labute approximate surface area is 101 Å². The third kappa shape index (κ3) is 4.52. The second-order valence-electron chi connectivity index (χ2n) is 3.98. The van der Waals surface area contributed by atoms with E-state index in [1.165, 1.54) is 6.92 Å². The first-order valence-corrected chi connectivity index (χ1v) is 5.29. The summed E-state index contributed by atoms with van der Waals surface area (Å²) in [5.74, 6) is -1.82. The fourth-order valence-corrected chi connectivity index (χ4v) is 1.18. The molecule has 1 atom stereocenters. The standard InChI is InChI=1S/C11H19NO5/c1-6-17-11(3,4)10(15)12-8(7(2)13)9(14)16-5/h8H,6H2,1-5H3,(H,12,15)/t8-/m0/s1. The molecule has 17 heavy (non-hydrogen) atoms. The quantitative estimate of drug-likeness (QED) is 0.528. The van der Waals surface area contributed by atoms with Crippen molar-refractivity contribution in [3.63, 3.8) is 0 Å². The Hall–Kier alpha value is -1.43. The zero-order valence-electron chi connectivity index (χ0n) is 10.8. The molecule has 0 aliphatic rings. The molecule has 0 aliphatic heterocycles. The van der Waals surface area contributed by atoms with E-state index in [0.29, 0.717) is 6.61 Å². The Bertz CT molecular complexity index is 311. The minimum atomic E-state index is -1.28. The van der Waals surface area contributed by atoms with Crippen LogP contribution in [0.25, 0.3) is 0 Å². The van der Waals surface area contributed by atoms with Gasteiger partial charge in [-0.15, -0.1) is 0 Å². The van der Waals surface area contributed by atoms with Gasteiger partial charge in [0.25, 0.3) is 5.91 Å². The third-order valence-electron chi connectivity index (χ3n) is 2.17. The molecule has 0 aromatic carbocycles. The molecular formula is C11H19NO5. The van der Waals surface area contributed by atoms with Gasteiger partial charge in [-0.25, -0.2) is 4.79 Å². The van der Waals surface area contributed by atoms with Gasteiger partial charge in [-0.2, -0.15) is 0 Å². The van der Waals surface area contributed by atoms with Gasteiger partial charge in [0.05, 0.1) is 7.11 Å². The fraction of sp³-hybridized carbons (Fsp3) is 0.727. The van der Waals surface area contributed by atoms with Gasteiger partial charge in [0.1, 0.15) is 5.60 Å². The van der Waals surface area contributed by atoms with E-state index in [-0.39, 0.29) is 0 Å². The molecule has 0 aliphatic carbocycles. The highest BCUT2D eigenvalue weighted by Crippen LogP contribution is 2.09. The Morgan fingerprint density at radius 3 is 2.18 bits per heavy atom. The average Bonchev–Trinajstić information content (AvgIpc) is 2.23. The van der Waals surface area contributed by atoms with Gasteiger partial charge in [-0.1, -0.05) is 0 Å². The van der Waals surface area contributed by atoms with Crippen LogP contribution in [-0.2, 0) is 23.9 Å². The number of carbonyl (C=O) groups is 3. The molecule has 0 aromatic rings. The van der Waals surface area contributed by atoms with E-state index < -0.39 is 29.3 Å². The van der Waals surface area contributed by atoms with E-state index >= 15 is 0 Å². The number of ether oxygens (including phenoxy) is 2. The van der Waals surface area contributed by atoms with E-state index in [1.54, 1.807) is 20.8 Å². The molecule has 6 nitrogen and oxygen atoms in total. The summed E-state index contributed by atoms with van der Waals surface area (Å²) in [7, 11) is 1.15. The predicted octanol–water partition coefficient (Wildman–Crippen LogP) is 0.0483. The van der Waals surface area contributed by atoms with Crippen molar-refractivity contribution in [3.05, 3.63) is 0 Å². The summed E-state index contributed by atoms with van der Waals surface area (Å²) in [6.45, 7) is 6.41. The highest BCUT2D eigenvalue weighted by Gasteiger charge is 2.34. The van der Waals surface area contributed by atoms with Gasteiger partial charge in [0.2, 0.25) is 0 Å². The molecule has 0 bridgehead atoms. The van der Waals surface area contributed by atoms with Crippen LogP contribution in [0, 0.1) is 0 Å². The first-order chi connectivity index (χ1) is 7.76. The van der Waals surface area contributed by atoms with Crippen molar-refractivity contribution in [1.82, 2.24) is 5.32 Å². The van der Waals surface area contributed by atoms with Gasteiger partial charge >= 0.3 is 5.97 Å². The second-order valence-corrected chi connectivity index (χ2v) is 3.98. The Morgan fingerprint density at radius 1 is 1.29 bits per heavy atom. The van der Waals surface area contributed by atoms with Crippen LogP contribution in [0.3, 0.4) is 0 Å². The molecule has 0 saturated carbocycles. The van der Waals surface area contributed by atoms with Crippen molar-refractivity contribution >= 4 is 17.7 Å². The average molecular weight is 245 g/mol. The number of carbonyl (C=O) groups excluding carboxylic acids is 3. The second kappa shape index (κ2) is 6.34. The maximum Gasteiger partial charge on any atom is 0.336 e. The lowest BCUT2D eigenvalue weighted by atomic mass is 10.1. The number of ketones is 1. The lowest BCUT2D eigenvalue weighted by Crippen LogP contribution is -2.53. The molecule has 0 spiro atoms. The summed E-state index contributed by atoms with van der Waals surface area (Å²) in [6.07, 6.45) is 0. The molecule has 0 radical (unpaired) electrons. The highest BCUT2D eigenvalue weighted by molar-refractivity contribution is 6.05. The number of esters is 1. The van der Waals surface area contributed by atoms with E-state index in [4.69, 9.17) is 4.74 Å². The van der Waals surface area contributed by atoms with Gasteiger partial charge in [-0.05, 0) is 27.7 Å². The normalized spacial score (nSPS) is 12.8. The van der Waals surface area contributed by atoms with Gasteiger partial charge in [0, 0.05) is 6.61 Å². The molecule has 1 amide bonds. The maximum atomic E-state index is 11.8. The zero-order chi connectivity index (χ0) is 13.6. The van der Waals surface area contributed by atoms with Crippen LogP contribution in [0.1, 0.15) is 27.7 Å². The van der Waals surface area contributed by atoms with Crippen LogP contribution in [-0.4, -0.2) is 43.0 Å². The van der Waals surface area contributed by atoms with Crippen molar-refractivity contribution in [1.29, 1.82) is 0 Å². The topological polar surface area (TPSA) is 81.7 Å². The molecular weight excluding hydrogens is 226 g/mol. The van der Waals surface area contributed by atoms with Crippen LogP contribution < -0.4 is 5.32 Å². The SMILES string of the molecule is CCOC(C)(C)C(=O)N[C@@H](C(C)=O)C(=O)OC. The van der Waals surface area contributed by atoms with Crippen molar-refractivity contribution in [2.45, 2.75) is 39.3 Å². The number of hydrogen-bond donors (Lipinski definition) is 1.